The van der Waals surface area contributed by atoms with Crippen molar-refractivity contribution in [2.45, 2.75) is 58.6 Å². The van der Waals surface area contributed by atoms with E-state index in [4.69, 9.17) is 14.6 Å². The monoisotopic (exact) mass is 565 g/mol. The predicted molar refractivity (Wildman–Crippen MR) is 147 cm³/mol. The van der Waals surface area contributed by atoms with E-state index in [1.807, 2.05) is 6.07 Å². The van der Waals surface area contributed by atoms with Gasteiger partial charge in [0.1, 0.15) is 17.2 Å². The van der Waals surface area contributed by atoms with Crippen molar-refractivity contribution in [3.05, 3.63) is 59.4 Å². The smallest absolute Gasteiger partial charge is 0.417 e. The van der Waals surface area contributed by atoms with Gasteiger partial charge in [-0.1, -0.05) is 6.07 Å². The molecule has 2 amide bonds. The first-order chi connectivity index (χ1) is 19.5. The van der Waals surface area contributed by atoms with E-state index in [1.165, 1.54) is 16.8 Å². The molecule has 3 aliphatic heterocycles. The highest BCUT2D eigenvalue weighted by atomic mass is 19.1. The maximum absolute atomic E-state index is 14.8. The number of carbonyl (C=O) groups excluding carboxylic acids is 2. The molecular formula is C30H33F2N5O4. The van der Waals surface area contributed by atoms with Crippen molar-refractivity contribution in [2.75, 3.05) is 31.2 Å². The van der Waals surface area contributed by atoms with Crippen LogP contribution in [0.15, 0.2) is 36.5 Å². The van der Waals surface area contributed by atoms with Crippen molar-refractivity contribution in [2.24, 2.45) is 5.41 Å². The summed E-state index contributed by atoms with van der Waals surface area (Å²) in [5.74, 6) is -1.43. The Morgan fingerprint density at radius 1 is 1.02 bits per heavy atom. The quantitative estimate of drug-likeness (QED) is 0.414. The molecule has 1 spiro atoms. The van der Waals surface area contributed by atoms with Crippen LogP contribution in [0.25, 0.3) is 16.9 Å². The van der Waals surface area contributed by atoms with Gasteiger partial charge in [-0.2, -0.15) is 5.10 Å². The number of imide groups is 1. The summed E-state index contributed by atoms with van der Waals surface area (Å²) in [5.41, 5.74) is -0.168. The SMILES string of the molecule is CC(C)(C)OC(=O)N1Cc2nc(-c3c(F)cccc3F)cc(-n3ccc(N4CCC5(CCOCC5)CC4)n3)c2C1=O. The number of aromatic nitrogens is 3. The summed E-state index contributed by atoms with van der Waals surface area (Å²) < 4.78 is 42.2. The van der Waals surface area contributed by atoms with Gasteiger partial charge in [0, 0.05) is 38.6 Å². The Bertz CT molecular complexity index is 1480. The molecule has 3 aromatic rings. The third-order valence-electron chi connectivity index (χ3n) is 8.20. The second kappa shape index (κ2) is 10.2. The number of ether oxygens (including phenoxy) is 2. The standard InChI is InChI=1S/C30H33F2N5O4/c1-29(2,3)41-28(39)36-18-22-26(27(36)38)23(17-21(33-22)25-19(31)5-4-6-20(25)32)37-12-7-24(34-37)35-13-8-30(9-14-35)10-15-40-16-11-30/h4-7,12,17H,8-11,13-16,18H2,1-3H3. The fourth-order valence-electron chi connectivity index (χ4n) is 5.93. The van der Waals surface area contributed by atoms with Crippen LogP contribution in [-0.2, 0) is 16.0 Å². The number of hydrogen-bond acceptors (Lipinski definition) is 7. The van der Waals surface area contributed by atoms with Crippen LogP contribution in [0.3, 0.4) is 0 Å². The summed E-state index contributed by atoms with van der Waals surface area (Å²) in [6, 6.07) is 6.89. The van der Waals surface area contributed by atoms with Gasteiger partial charge in [0.05, 0.1) is 34.7 Å². The van der Waals surface area contributed by atoms with Crippen molar-refractivity contribution in [3.63, 3.8) is 0 Å². The molecule has 0 saturated carbocycles. The van der Waals surface area contributed by atoms with E-state index in [0.717, 1.165) is 74.8 Å². The highest BCUT2D eigenvalue weighted by Crippen LogP contribution is 2.41. The van der Waals surface area contributed by atoms with E-state index in [9.17, 15) is 18.4 Å². The minimum atomic E-state index is -0.821. The van der Waals surface area contributed by atoms with Crippen LogP contribution in [-0.4, -0.2) is 63.6 Å². The molecule has 41 heavy (non-hydrogen) atoms. The third kappa shape index (κ3) is 5.18. The van der Waals surface area contributed by atoms with Crippen LogP contribution >= 0.6 is 0 Å². The molecule has 0 unspecified atom stereocenters. The van der Waals surface area contributed by atoms with E-state index in [2.05, 4.69) is 9.88 Å². The molecule has 216 valence electrons. The Hall–Kier alpha value is -3.86. The normalized spacial score (nSPS) is 18.6. The van der Waals surface area contributed by atoms with E-state index in [-0.39, 0.29) is 34.7 Å². The van der Waals surface area contributed by atoms with Gasteiger partial charge in [0.15, 0.2) is 5.82 Å². The maximum atomic E-state index is 14.8. The Kier molecular flexibility index (Phi) is 6.80. The van der Waals surface area contributed by atoms with E-state index < -0.39 is 29.2 Å². The van der Waals surface area contributed by atoms with Crippen LogP contribution < -0.4 is 4.90 Å². The zero-order valence-electron chi connectivity index (χ0n) is 23.5. The molecule has 2 saturated heterocycles. The average molecular weight is 566 g/mol. The van der Waals surface area contributed by atoms with E-state index in [0.29, 0.717) is 5.41 Å². The molecule has 0 N–H and O–H groups in total. The van der Waals surface area contributed by atoms with Crippen LogP contribution in [0.4, 0.5) is 19.4 Å². The van der Waals surface area contributed by atoms with Gasteiger partial charge in [-0.25, -0.2) is 28.1 Å². The predicted octanol–water partition coefficient (Wildman–Crippen LogP) is 5.50. The molecule has 9 nitrogen and oxygen atoms in total. The molecule has 0 bridgehead atoms. The van der Waals surface area contributed by atoms with Crippen molar-refractivity contribution >= 4 is 17.8 Å². The first kappa shape index (κ1) is 27.3. The highest BCUT2D eigenvalue weighted by Gasteiger charge is 2.40. The summed E-state index contributed by atoms with van der Waals surface area (Å²) in [5, 5.41) is 4.77. The minimum Gasteiger partial charge on any atom is -0.443 e. The van der Waals surface area contributed by atoms with Gasteiger partial charge < -0.3 is 14.4 Å². The molecule has 2 aromatic heterocycles. The Morgan fingerprint density at radius 2 is 1.71 bits per heavy atom. The van der Waals surface area contributed by atoms with Gasteiger partial charge in [0.2, 0.25) is 0 Å². The molecule has 0 radical (unpaired) electrons. The first-order valence-electron chi connectivity index (χ1n) is 14.0. The van der Waals surface area contributed by atoms with Crippen LogP contribution in [0.1, 0.15) is 62.5 Å². The van der Waals surface area contributed by atoms with Gasteiger partial charge in [-0.15, -0.1) is 0 Å². The van der Waals surface area contributed by atoms with Gasteiger partial charge >= 0.3 is 6.09 Å². The van der Waals surface area contributed by atoms with Gasteiger partial charge in [-0.05, 0) is 70.1 Å². The minimum absolute atomic E-state index is 0.00432. The number of amides is 2. The van der Waals surface area contributed by atoms with Crippen molar-refractivity contribution in [1.82, 2.24) is 19.7 Å². The molecular weight excluding hydrogens is 532 g/mol. The largest absolute Gasteiger partial charge is 0.443 e. The number of anilines is 1. The highest BCUT2D eigenvalue weighted by molar-refractivity contribution is 6.08. The average Bonchev–Trinajstić information content (AvgIpc) is 3.54. The number of rotatable bonds is 3. The van der Waals surface area contributed by atoms with Crippen molar-refractivity contribution in [1.29, 1.82) is 0 Å². The number of pyridine rings is 1. The van der Waals surface area contributed by atoms with Crippen molar-refractivity contribution < 1.29 is 27.8 Å². The summed E-state index contributed by atoms with van der Waals surface area (Å²) in [7, 11) is 0. The number of fused-ring (bicyclic) bond motifs is 1. The Balaban J connectivity index is 1.36. The number of halogens is 2. The topological polar surface area (TPSA) is 89.8 Å². The van der Waals surface area contributed by atoms with Gasteiger partial charge in [-0.3, -0.25) is 4.79 Å². The molecule has 5 heterocycles. The van der Waals surface area contributed by atoms with Crippen LogP contribution in [0, 0.1) is 17.0 Å². The van der Waals surface area contributed by atoms with Gasteiger partial charge in [0.25, 0.3) is 5.91 Å². The number of piperidine rings is 1. The molecule has 6 rings (SSSR count). The lowest BCUT2D eigenvalue weighted by molar-refractivity contribution is 0.00204. The molecule has 3 aliphatic rings. The summed E-state index contributed by atoms with van der Waals surface area (Å²) in [6.45, 7) is 8.24. The third-order valence-corrected chi connectivity index (χ3v) is 8.20. The fraction of sp³-hybridized carbons (Fsp3) is 0.467. The Morgan fingerprint density at radius 3 is 2.37 bits per heavy atom. The zero-order chi connectivity index (χ0) is 28.9. The number of benzene rings is 1. The number of nitrogens with zero attached hydrogens (tertiary/aromatic N) is 5. The molecule has 0 atom stereocenters. The van der Waals surface area contributed by atoms with Crippen molar-refractivity contribution in [3.8, 4) is 16.9 Å². The summed E-state index contributed by atoms with van der Waals surface area (Å²) in [6.07, 6.45) is 5.14. The Labute approximate surface area is 237 Å². The second-order valence-electron chi connectivity index (χ2n) is 12.0. The molecule has 0 aliphatic carbocycles. The lowest BCUT2D eigenvalue weighted by atomic mass is 9.72. The second-order valence-corrected chi connectivity index (χ2v) is 12.0. The van der Waals surface area contributed by atoms with E-state index in [1.54, 1.807) is 27.0 Å². The first-order valence-corrected chi connectivity index (χ1v) is 14.0. The lowest BCUT2D eigenvalue weighted by Crippen LogP contribution is -2.43. The summed E-state index contributed by atoms with van der Waals surface area (Å²) in [4.78, 5) is 34.1. The maximum Gasteiger partial charge on any atom is 0.417 e. The number of hydrogen-bond donors (Lipinski definition) is 0. The summed E-state index contributed by atoms with van der Waals surface area (Å²) >= 11 is 0. The molecule has 11 heteroatoms. The van der Waals surface area contributed by atoms with Crippen LogP contribution in [0.2, 0.25) is 0 Å². The van der Waals surface area contributed by atoms with Crippen LogP contribution in [0.5, 0.6) is 0 Å². The lowest BCUT2D eigenvalue weighted by Gasteiger charge is -2.44. The molecule has 2 fully saturated rings. The fourth-order valence-corrected chi connectivity index (χ4v) is 5.93. The van der Waals surface area contributed by atoms with E-state index >= 15 is 0 Å². The molecule has 1 aromatic carbocycles. The number of carbonyl (C=O) groups is 2. The zero-order valence-corrected chi connectivity index (χ0v) is 23.5.